The Morgan fingerprint density at radius 2 is 1.41 bits per heavy atom. The highest BCUT2D eigenvalue weighted by atomic mass is 16.4. The number of aliphatic hydroxyl groups excluding tert-OH is 3. The summed E-state index contributed by atoms with van der Waals surface area (Å²) in [5, 5.41) is 42.4. The molecule has 1 atom stereocenters. The Labute approximate surface area is 127 Å². The highest BCUT2D eigenvalue weighted by Crippen LogP contribution is 2.13. The first kappa shape index (κ1) is 20.0. The molecule has 1 aromatic rings. The Hall–Kier alpha value is -2.00. The van der Waals surface area contributed by atoms with Gasteiger partial charge in [0, 0.05) is 19.6 Å². The lowest BCUT2D eigenvalue weighted by Gasteiger charge is -2.23. The minimum atomic E-state index is -1.82. The van der Waals surface area contributed by atoms with Crippen LogP contribution in [0.5, 0.6) is 0 Å². The van der Waals surface area contributed by atoms with Gasteiger partial charge in [-0.3, -0.25) is 4.90 Å². The van der Waals surface area contributed by atoms with Crippen molar-refractivity contribution in [2.75, 3.05) is 32.8 Å². The Bertz CT molecular complexity index is 420. The van der Waals surface area contributed by atoms with Crippen LogP contribution in [0.2, 0.25) is 0 Å². The molecule has 0 aliphatic carbocycles. The van der Waals surface area contributed by atoms with Crippen LogP contribution in [-0.2, 0) is 9.59 Å². The van der Waals surface area contributed by atoms with Crippen LogP contribution in [0, 0.1) is 0 Å². The summed E-state index contributed by atoms with van der Waals surface area (Å²) in [6, 6.07) is 9.37. The molecule has 0 radical (unpaired) electrons. The third kappa shape index (κ3) is 9.03. The molecule has 0 aromatic heterocycles. The van der Waals surface area contributed by atoms with E-state index >= 15 is 0 Å². The number of nitrogens with zero attached hydrogens (tertiary/aromatic N) is 1. The van der Waals surface area contributed by atoms with Gasteiger partial charge >= 0.3 is 11.9 Å². The van der Waals surface area contributed by atoms with Crippen LogP contribution in [0.1, 0.15) is 11.7 Å². The fourth-order valence-electron chi connectivity index (χ4n) is 1.60. The molecule has 1 aromatic carbocycles. The van der Waals surface area contributed by atoms with Crippen LogP contribution in [0.3, 0.4) is 0 Å². The number of aliphatic carboxylic acids is 2. The van der Waals surface area contributed by atoms with Crippen LogP contribution < -0.4 is 0 Å². The lowest BCUT2D eigenvalue weighted by molar-refractivity contribution is -0.159. The summed E-state index contributed by atoms with van der Waals surface area (Å²) in [4.78, 5) is 20.0. The van der Waals surface area contributed by atoms with Crippen molar-refractivity contribution >= 4 is 11.9 Å². The summed E-state index contributed by atoms with van der Waals surface area (Å²) in [7, 11) is 0. The molecule has 124 valence electrons. The predicted octanol–water partition coefficient (Wildman–Crippen LogP) is -0.838. The minimum absolute atomic E-state index is 0.0293. The molecule has 5 N–H and O–H groups in total. The Morgan fingerprint density at radius 3 is 1.77 bits per heavy atom. The molecule has 0 saturated heterocycles. The van der Waals surface area contributed by atoms with Gasteiger partial charge in [0.2, 0.25) is 0 Å². The van der Waals surface area contributed by atoms with Crippen molar-refractivity contribution in [3.8, 4) is 0 Å². The van der Waals surface area contributed by atoms with Crippen molar-refractivity contribution in [2.24, 2.45) is 0 Å². The van der Waals surface area contributed by atoms with E-state index < -0.39 is 18.0 Å². The topological polar surface area (TPSA) is 139 Å². The fourth-order valence-corrected chi connectivity index (χ4v) is 1.60. The molecule has 0 heterocycles. The van der Waals surface area contributed by atoms with E-state index in [1.807, 2.05) is 35.2 Å². The second-order valence-electron chi connectivity index (χ2n) is 4.28. The van der Waals surface area contributed by atoms with Crippen LogP contribution in [0.15, 0.2) is 30.3 Å². The number of aliphatic hydroxyl groups is 3. The smallest absolute Gasteiger partial charge is 0.414 e. The Balaban J connectivity index is 0.000000626. The number of benzene rings is 1. The highest BCUT2D eigenvalue weighted by Gasteiger charge is 2.12. The maximum absolute atomic E-state index is 9.94. The summed E-state index contributed by atoms with van der Waals surface area (Å²) in [5.74, 6) is -3.65. The van der Waals surface area contributed by atoms with Gasteiger partial charge < -0.3 is 25.5 Å². The standard InChI is InChI=1S/C12H19NO3.C2H2O4/c14-8-6-13(7-9-15)10-12(16)11-4-2-1-3-5-11;3-1(4)2(5)6/h1-5,12,14-16H,6-10H2;(H,3,4)(H,5,6). The summed E-state index contributed by atoms with van der Waals surface area (Å²) >= 11 is 0. The average Bonchev–Trinajstić information content (AvgIpc) is 2.49. The molecule has 0 bridgehead atoms. The first-order valence-electron chi connectivity index (χ1n) is 6.55. The van der Waals surface area contributed by atoms with E-state index in [4.69, 9.17) is 30.0 Å². The lowest BCUT2D eigenvalue weighted by atomic mass is 10.1. The van der Waals surface area contributed by atoms with E-state index in [-0.39, 0.29) is 13.2 Å². The molecule has 8 nitrogen and oxygen atoms in total. The third-order valence-electron chi connectivity index (χ3n) is 2.63. The fraction of sp³-hybridized carbons (Fsp3) is 0.429. The molecule has 0 spiro atoms. The number of hydrogen-bond donors (Lipinski definition) is 5. The zero-order valence-corrected chi connectivity index (χ0v) is 12.0. The molecular formula is C14H21NO7. The zero-order valence-electron chi connectivity index (χ0n) is 12.0. The third-order valence-corrected chi connectivity index (χ3v) is 2.63. The van der Waals surface area contributed by atoms with Crippen LogP contribution in [0.4, 0.5) is 0 Å². The second-order valence-corrected chi connectivity index (χ2v) is 4.28. The van der Waals surface area contributed by atoms with Gasteiger partial charge in [-0.05, 0) is 5.56 Å². The van der Waals surface area contributed by atoms with Gasteiger partial charge in [-0.15, -0.1) is 0 Å². The van der Waals surface area contributed by atoms with Crippen LogP contribution >= 0.6 is 0 Å². The van der Waals surface area contributed by atoms with Crippen molar-refractivity contribution in [1.82, 2.24) is 4.90 Å². The molecule has 0 fully saturated rings. The van der Waals surface area contributed by atoms with Crippen LogP contribution in [-0.4, -0.2) is 75.2 Å². The summed E-state index contributed by atoms with van der Waals surface area (Å²) in [6.45, 7) is 1.41. The molecular weight excluding hydrogens is 294 g/mol. The Kier molecular flexibility index (Phi) is 10.6. The van der Waals surface area contributed by atoms with E-state index in [1.165, 1.54) is 0 Å². The van der Waals surface area contributed by atoms with Crippen molar-refractivity contribution in [3.05, 3.63) is 35.9 Å². The van der Waals surface area contributed by atoms with E-state index in [9.17, 15) is 5.11 Å². The molecule has 22 heavy (non-hydrogen) atoms. The van der Waals surface area contributed by atoms with Gasteiger partial charge in [0.15, 0.2) is 0 Å². The van der Waals surface area contributed by atoms with E-state index in [0.29, 0.717) is 19.6 Å². The predicted molar refractivity (Wildman–Crippen MR) is 77.3 cm³/mol. The molecule has 0 aliphatic rings. The summed E-state index contributed by atoms with van der Waals surface area (Å²) in [5.41, 5.74) is 0.850. The maximum atomic E-state index is 9.94. The molecule has 8 heteroatoms. The maximum Gasteiger partial charge on any atom is 0.414 e. The van der Waals surface area contributed by atoms with Gasteiger partial charge in [-0.25, -0.2) is 9.59 Å². The Morgan fingerprint density at radius 1 is 0.955 bits per heavy atom. The highest BCUT2D eigenvalue weighted by molar-refractivity contribution is 6.27. The normalized spacial score (nSPS) is 11.5. The molecule has 0 saturated carbocycles. The van der Waals surface area contributed by atoms with Gasteiger partial charge in [0.1, 0.15) is 0 Å². The lowest BCUT2D eigenvalue weighted by Crippen LogP contribution is -2.33. The molecule has 1 unspecified atom stereocenters. The van der Waals surface area contributed by atoms with Gasteiger partial charge in [0.05, 0.1) is 19.3 Å². The SMILES string of the molecule is O=C(O)C(=O)O.OCCN(CCO)CC(O)c1ccccc1. The summed E-state index contributed by atoms with van der Waals surface area (Å²) in [6.07, 6.45) is -0.584. The largest absolute Gasteiger partial charge is 0.473 e. The first-order valence-corrected chi connectivity index (χ1v) is 6.55. The monoisotopic (exact) mass is 315 g/mol. The molecule has 0 amide bonds. The molecule has 0 aliphatic heterocycles. The van der Waals surface area contributed by atoms with Crippen molar-refractivity contribution in [3.63, 3.8) is 0 Å². The van der Waals surface area contributed by atoms with Gasteiger partial charge in [-0.1, -0.05) is 30.3 Å². The van der Waals surface area contributed by atoms with E-state index in [0.717, 1.165) is 5.56 Å². The van der Waals surface area contributed by atoms with Gasteiger partial charge in [0.25, 0.3) is 0 Å². The first-order chi connectivity index (χ1) is 10.4. The number of rotatable bonds is 7. The summed E-state index contributed by atoms with van der Waals surface area (Å²) < 4.78 is 0. The van der Waals surface area contributed by atoms with Crippen molar-refractivity contribution < 1.29 is 35.1 Å². The minimum Gasteiger partial charge on any atom is -0.473 e. The van der Waals surface area contributed by atoms with E-state index in [1.54, 1.807) is 0 Å². The number of carboxylic acids is 2. The van der Waals surface area contributed by atoms with Crippen LogP contribution in [0.25, 0.3) is 0 Å². The van der Waals surface area contributed by atoms with Crippen molar-refractivity contribution in [1.29, 1.82) is 0 Å². The van der Waals surface area contributed by atoms with E-state index in [2.05, 4.69) is 0 Å². The average molecular weight is 315 g/mol. The number of carbonyl (C=O) groups is 2. The molecule has 1 rings (SSSR count). The zero-order chi connectivity index (χ0) is 17.0. The second kappa shape index (κ2) is 11.6. The number of hydrogen-bond acceptors (Lipinski definition) is 6. The van der Waals surface area contributed by atoms with Gasteiger partial charge in [-0.2, -0.15) is 0 Å². The van der Waals surface area contributed by atoms with Crippen molar-refractivity contribution in [2.45, 2.75) is 6.10 Å². The number of carboxylic acid groups (broad SMARTS) is 2. The quantitative estimate of drug-likeness (QED) is 0.411.